The zero-order valence-corrected chi connectivity index (χ0v) is 11.7. The van der Waals surface area contributed by atoms with E-state index in [1.54, 1.807) is 23.2 Å². The summed E-state index contributed by atoms with van der Waals surface area (Å²) in [4.78, 5) is 28.1. The second-order valence-electron chi connectivity index (χ2n) is 4.63. The summed E-state index contributed by atoms with van der Waals surface area (Å²) < 4.78 is 0. The SMILES string of the molecule is CCC1C(=O)NC(C)C(=O)N1Cc1ccc(C)s1. The van der Waals surface area contributed by atoms with Crippen LogP contribution in [0.5, 0.6) is 0 Å². The molecule has 2 heterocycles. The van der Waals surface area contributed by atoms with E-state index < -0.39 is 6.04 Å². The van der Waals surface area contributed by atoms with Gasteiger partial charge in [0.2, 0.25) is 11.8 Å². The first kappa shape index (κ1) is 13.1. The summed E-state index contributed by atoms with van der Waals surface area (Å²) in [6.07, 6.45) is 0.647. The summed E-state index contributed by atoms with van der Waals surface area (Å²) in [5.41, 5.74) is 0. The lowest BCUT2D eigenvalue weighted by Crippen LogP contribution is -2.61. The first-order valence-corrected chi connectivity index (χ1v) is 7.00. The molecular weight excluding hydrogens is 248 g/mol. The van der Waals surface area contributed by atoms with Crippen molar-refractivity contribution in [1.82, 2.24) is 10.2 Å². The first-order chi connectivity index (χ1) is 8.52. The molecule has 1 N–H and O–H groups in total. The van der Waals surface area contributed by atoms with Gasteiger partial charge in [-0.2, -0.15) is 0 Å². The fourth-order valence-corrected chi connectivity index (χ4v) is 3.14. The number of hydrogen-bond acceptors (Lipinski definition) is 3. The van der Waals surface area contributed by atoms with Crippen molar-refractivity contribution < 1.29 is 9.59 Å². The van der Waals surface area contributed by atoms with Crippen LogP contribution in [-0.4, -0.2) is 28.8 Å². The molecule has 98 valence electrons. The number of rotatable bonds is 3. The van der Waals surface area contributed by atoms with Gasteiger partial charge in [-0.15, -0.1) is 11.3 Å². The summed E-state index contributed by atoms with van der Waals surface area (Å²) in [6.45, 7) is 6.24. The van der Waals surface area contributed by atoms with E-state index in [-0.39, 0.29) is 17.9 Å². The molecule has 0 aromatic carbocycles. The number of piperazine rings is 1. The maximum Gasteiger partial charge on any atom is 0.245 e. The van der Waals surface area contributed by atoms with E-state index in [2.05, 4.69) is 5.32 Å². The third-order valence-corrected chi connectivity index (χ3v) is 4.19. The van der Waals surface area contributed by atoms with E-state index in [1.807, 2.05) is 26.0 Å². The molecule has 1 saturated heterocycles. The monoisotopic (exact) mass is 266 g/mol. The van der Waals surface area contributed by atoms with Crippen molar-refractivity contribution in [2.45, 2.75) is 45.8 Å². The van der Waals surface area contributed by atoms with E-state index in [0.29, 0.717) is 13.0 Å². The predicted octanol–water partition coefficient (Wildman–Crippen LogP) is 1.68. The van der Waals surface area contributed by atoms with Gasteiger partial charge in [0.05, 0.1) is 6.54 Å². The van der Waals surface area contributed by atoms with Gasteiger partial charge in [0.25, 0.3) is 0 Å². The lowest BCUT2D eigenvalue weighted by atomic mass is 10.1. The average Bonchev–Trinajstić information content (AvgIpc) is 2.72. The highest BCUT2D eigenvalue weighted by atomic mass is 32.1. The molecule has 0 spiro atoms. The molecule has 0 bridgehead atoms. The molecule has 2 rings (SSSR count). The zero-order valence-electron chi connectivity index (χ0n) is 10.9. The molecule has 5 heteroatoms. The van der Waals surface area contributed by atoms with Gasteiger partial charge in [-0.3, -0.25) is 9.59 Å². The van der Waals surface area contributed by atoms with Crippen LogP contribution in [-0.2, 0) is 16.1 Å². The topological polar surface area (TPSA) is 49.4 Å². The summed E-state index contributed by atoms with van der Waals surface area (Å²) in [5, 5.41) is 2.72. The molecule has 2 unspecified atom stereocenters. The van der Waals surface area contributed by atoms with Gasteiger partial charge in [-0.05, 0) is 32.4 Å². The largest absolute Gasteiger partial charge is 0.343 e. The Kier molecular flexibility index (Phi) is 3.71. The Labute approximate surface area is 111 Å². The number of aryl methyl sites for hydroxylation is 1. The van der Waals surface area contributed by atoms with Crippen molar-refractivity contribution in [3.05, 3.63) is 21.9 Å². The second-order valence-corrected chi connectivity index (χ2v) is 6.01. The summed E-state index contributed by atoms with van der Waals surface area (Å²) in [7, 11) is 0. The molecule has 0 saturated carbocycles. The van der Waals surface area contributed by atoms with Crippen molar-refractivity contribution in [3.8, 4) is 0 Å². The number of nitrogens with one attached hydrogen (secondary N) is 1. The van der Waals surface area contributed by atoms with Crippen LogP contribution in [0.4, 0.5) is 0 Å². The minimum absolute atomic E-state index is 0.00695. The highest BCUT2D eigenvalue weighted by molar-refractivity contribution is 7.11. The Balaban J connectivity index is 2.20. The fourth-order valence-electron chi connectivity index (χ4n) is 2.25. The van der Waals surface area contributed by atoms with Crippen LogP contribution in [0, 0.1) is 6.92 Å². The van der Waals surface area contributed by atoms with Crippen molar-refractivity contribution >= 4 is 23.2 Å². The number of carbonyl (C=O) groups excluding carboxylic acids is 2. The number of carbonyl (C=O) groups is 2. The van der Waals surface area contributed by atoms with Crippen LogP contribution in [0.25, 0.3) is 0 Å². The van der Waals surface area contributed by atoms with Gasteiger partial charge in [0.1, 0.15) is 12.1 Å². The lowest BCUT2D eigenvalue weighted by Gasteiger charge is -2.37. The van der Waals surface area contributed by atoms with Crippen LogP contribution in [0.15, 0.2) is 12.1 Å². The van der Waals surface area contributed by atoms with Crippen LogP contribution >= 0.6 is 11.3 Å². The van der Waals surface area contributed by atoms with E-state index in [1.165, 1.54) is 4.88 Å². The number of nitrogens with zero attached hydrogens (tertiary/aromatic N) is 1. The smallest absolute Gasteiger partial charge is 0.245 e. The van der Waals surface area contributed by atoms with Crippen molar-refractivity contribution in [2.75, 3.05) is 0 Å². The molecule has 4 nitrogen and oxygen atoms in total. The summed E-state index contributed by atoms with van der Waals surface area (Å²) in [5.74, 6) is -0.0367. The molecule has 18 heavy (non-hydrogen) atoms. The minimum atomic E-state index is -0.415. The number of amides is 2. The molecule has 0 aliphatic carbocycles. The van der Waals surface area contributed by atoms with Gasteiger partial charge in [0, 0.05) is 9.75 Å². The number of thiophene rings is 1. The van der Waals surface area contributed by atoms with Crippen LogP contribution in [0.2, 0.25) is 0 Å². The lowest BCUT2D eigenvalue weighted by molar-refractivity contribution is -0.149. The van der Waals surface area contributed by atoms with Gasteiger partial charge < -0.3 is 10.2 Å². The highest BCUT2D eigenvalue weighted by Crippen LogP contribution is 2.21. The maximum atomic E-state index is 12.2. The van der Waals surface area contributed by atoms with Crippen LogP contribution in [0.1, 0.15) is 30.0 Å². The quantitative estimate of drug-likeness (QED) is 0.905. The molecule has 1 aliphatic heterocycles. The normalized spacial score (nSPS) is 24.3. The van der Waals surface area contributed by atoms with Gasteiger partial charge in [0.15, 0.2) is 0 Å². The molecule has 1 aromatic heterocycles. The first-order valence-electron chi connectivity index (χ1n) is 6.19. The Morgan fingerprint density at radius 1 is 1.39 bits per heavy atom. The molecular formula is C13H18N2O2S. The summed E-state index contributed by atoms with van der Waals surface area (Å²) >= 11 is 1.67. The molecule has 1 aliphatic rings. The van der Waals surface area contributed by atoms with Gasteiger partial charge in [-0.1, -0.05) is 6.92 Å². The van der Waals surface area contributed by atoms with E-state index in [0.717, 1.165) is 4.88 Å². The fraction of sp³-hybridized carbons (Fsp3) is 0.538. The second kappa shape index (κ2) is 5.10. The maximum absolute atomic E-state index is 12.2. The Morgan fingerprint density at radius 3 is 2.67 bits per heavy atom. The molecule has 0 radical (unpaired) electrons. The predicted molar refractivity (Wildman–Crippen MR) is 71.3 cm³/mol. The minimum Gasteiger partial charge on any atom is -0.343 e. The Morgan fingerprint density at radius 2 is 2.11 bits per heavy atom. The van der Waals surface area contributed by atoms with Crippen LogP contribution in [0.3, 0.4) is 0 Å². The van der Waals surface area contributed by atoms with Crippen molar-refractivity contribution in [2.24, 2.45) is 0 Å². The summed E-state index contributed by atoms with van der Waals surface area (Å²) in [6, 6.07) is 3.31. The molecule has 2 atom stereocenters. The van der Waals surface area contributed by atoms with E-state index in [9.17, 15) is 9.59 Å². The van der Waals surface area contributed by atoms with E-state index in [4.69, 9.17) is 0 Å². The van der Waals surface area contributed by atoms with Gasteiger partial charge >= 0.3 is 0 Å². The average molecular weight is 266 g/mol. The Hall–Kier alpha value is -1.36. The van der Waals surface area contributed by atoms with Crippen molar-refractivity contribution in [1.29, 1.82) is 0 Å². The molecule has 2 amide bonds. The zero-order chi connectivity index (χ0) is 13.3. The highest BCUT2D eigenvalue weighted by Gasteiger charge is 2.37. The van der Waals surface area contributed by atoms with Crippen LogP contribution < -0.4 is 5.32 Å². The third-order valence-electron chi connectivity index (χ3n) is 3.20. The molecule has 1 fully saturated rings. The van der Waals surface area contributed by atoms with Crippen molar-refractivity contribution in [3.63, 3.8) is 0 Å². The van der Waals surface area contributed by atoms with E-state index >= 15 is 0 Å². The van der Waals surface area contributed by atoms with Gasteiger partial charge in [-0.25, -0.2) is 0 Å². The standard InChI is InChI=1S/C13H18N2O2S/c1-4-11-12(16)14-9(3)13(17)15(11)7-10-6-5-8(2)18-10/h5-6,9,11H,4,7H2,1-3H3,(H,14,16). The number of hydrogen-bond donors (Lipinski definition) is 1. The molecule has 1 aromatic rings. The Bertz CT molecular complexity index is 469. The third kappa shape index (κ3) is 2.41.